The molecular weight excluding hydrogens is 821 g/mol. The molecule has 2 N–H and O–H groups in total. The molecule has 4 amide bonds. The Morgan fingerprint density at radius 1 is 0.438 bits per heavy atom. The van der Waals surface area contributed by atoms with Gasteiger partial charge in [-0.3, -0.25) is 19.2 Å². The number of carbonyl (C=O) groups is 7. The zero-order chi connectivity index (χ0) is 44.4. The summed E-state index contributed by atoms with van der Waals surface area (Å²) in [5.41, 5.74) is 1.56. The lowest BCUT2D eigenvalue weighted by Gasteiger charge is -2.30. The molecule has 0 radical (unpaired) electrons. The molecule has 0 saturated carbocycles. The van der Waals surface area contributed by atoms with Crippen LogP contribution in [0.5, 0.6) is 23.0 Å². The number of aromatic carboxylic acids is 2. The van der Waals surface area contributed by atoms with Gasteiger partial charge < -0.3 is 24.4 Å². The molecule has 10 rings (SSSR count). The van der Waals surface area contributed by atoms with Gasteiger partial charge in [0.05, 0.1) is 50.3 Å². The van der Waals surface area contributed by atoms with E-state index < -0.39 is 47.1 Å². The highest BCUT2D eigenvalue weighted by Gasteiger charge is 2.48. The van der Waals surface area contributed by atoms with Crippen molar-refractivity contribution in [2.75, 3.05) is 9.80 Å². The number of imide groups is 2. The number of anilines is 2. The molecule has 0 saturated heterocycles. The van der Waals surface area contributed by atoms with Crippen molar-refractivity contribution in [3.05, 3.63) is 213 Å². The monoisotopic (exact) mass is 848 g/mol. The molecule has 0 atom stereocenters. The van der Waals surface area contributed by atoms with E-state index >= 15 is 0 Å². The molecule has 0 aliphatic carbocycles. The van der Waals surface area contributed by atoms with Crippen molar-refractivity contribution in [1.82, 2.24) is 0 Å². The summed E-state index contributed by atoms with van der Waals surface area (Å²) in [5.74, 6) is -3.63. The number of nitrogens with zero attached hydrogens (tertiary/aromatic N) is 2. The predicted molar refractivity (Wildman–Crippen MR) is 227 cm³/mol. The van der Waals surface area contributed by atoms with Crippen LogP contribution in [0.3, 0.4) is 0 Å². The van der Waals surface area contributed by atoms with Crippen molar-refractivity contribution in [2.45, 2.75) is 5.60 Å². The standard InChI is InChI=1S/C50H28N2O12/c53-43-37-23-5-27(47(57)58)25-40(37)45(55)51(43)31-11-19-35(20-12-31)62-33-15-7-29(8-16-33)50(42-4-2-1-3-39(42)49(61)64-50)30-9-17-34(18-10-30)63-36-21-13-32(14-22-36)52-44(54)38-24-6-28(48(59)60)26-41(38)46(52)56/h1-26H,(H,57,58)(H,59,60). The van der Waals surface area contributed by atoms with Crippen LogP contribution in [0.4, 0.5) is 11.4 Å². The smallest absolute Gasteiger partial charge is 0.340 e. The van der Waals surface area contributed by atoms with Crippen LogP contribution in [0, 0.1) is 0 Å². The number of fused-ring (bicyclic) bond motifs is 3. The van der Waals surface area contributed by atoms with Gasteiger partial charge >= 0.3 is 17.9 Å². The third-order valence-corrected chi connectivity index (χ3v) is 11.2. The summed E-state index contributed by atoms with van der Waals surface area (Å²) in [6.45, 7) is 0. The van der Waals surface area contributed by atoms with E-state index in [0.29, 0.717) is 45.3 Å². The minimum absolute atomic E-state index is 0.0118. The highest BCUT2D eigenvalue weighted by molar-refractivity contribution is 6.35. The minimum atomic E-state index is -1.34. The molecule has 3 heterocycles. The second-order valence-electron chi connectivity index (χ2n) is 14.9. The first-order valence-electron chi connectivity index (χ1n) is 19.5. The molecule has 14 nitrogen and oxygen atoms in total. The average Bonchev–Trinajstić information content (AvgIpc) is 3.86. The summed E-state index contributed by atoms with van der Waals surface area (Å²) in [6.07, 6.45) is 0. The van der Waals surface area contributed by atoms with Gasteiger partial charge in [-0.15, -0.1) is 0 Å². The van der Waals surface area contributed by atoms with E-state index in [9.17, 15) is 43.8 Å². The molecule has 7 aromatic carbocycles. The third kappa shape index (κ3) is 6.24. The molecule has 0 bridgehead atoms. The summed E-state index contributed by atoms with van der Waals surface area (Å²) in [5, 5.41) is 18.7. The maximum atomic E-state index is 13.4. The van der Waals surface area contributed by atoms with Crippen LogP contribution in [0.1, 0.15) is 89.2 Å². The van der Waals surface area contributed by atoms with Crippen molar-refractivity contribution in [1.29, 1.82) is 0 Å². The molecule has 0 fully saturated rings. The van der Waals surface area contributed by atoms with Crippen molar-refractivity contribution >= 4 is 52.9 Å². The second-order valence-corrected chi connectivity index (χ2v) is 14.9. The Hall–Kier alpha value is -9.17. The van der Waals surface area contributed by atoms with Gasteiger partial charge in [-0.05, 0) is 115 Å². The first-order valence-corrected chi connectivity index (χ1v) is 19.5. The van der Waals surface area contributed by atoms with E-state index in [0.717, 1.165) is 9.80 Å². The highest BCUT2D eigenvalue weighted by atomic mass is 16.6. The zero-order valence-electron chi connectivity index (χ0n) is 32.9. The van der Waals surface area contributed by atoms with Crippen LogP contribution in [-0.4, -0.2) is 51.7 Å². The van der Waals surface area contributed by atoms with Gasteiger partial charge in [0.1, 0.15) is 23.0 Å². The number of esters is 1. The minimum Gasteiger partial charge on any atom is -0.478 e. The quantitative estimate of drug-likeness (QED) is 0.0983. The Bertz CT molecular complexity index is 3000. The summed E-state index contributed by atoms with van der Waals surface area (Å²) < 4.78 is 18.5. The van der Waals surface area contributed by atoms with E-state index in [1.165, 1.54) is 36.4 Å². The third-order valence-electron chi connectivity index (χ3n) is 11.2. The summed E-state index contributed by atoms with van der Waals surface area (Å²) in [6, 6.07) is 41.3. The van der Waals surface area contributed by atoms with Crippen LogP contribution in [0.25, 0.3) is 0 Å². The van der Waals surface area contributed by atoms with E-state index in [4.69, 9.17) is 14.2 Å². The van der Waals surface area contributed by atoms with Crippen LogP contribution >= 0.6 is 0 Å². The molecule has 3 aliphatic heterocycles. The van der Waals surface area contributed by atoms with Crippen LogP contribution in [0.2, 0.25) is 0 Å². The van der Waals surface area contributed by atoms with Gasteiger partial charge in [0.2, 0.25) is 0 Å². The number of benzene rings is 7. The number of cyclic esters (lactones) is 1. The lowest BCUT2D eigenvalue weighted by molar-refractivity contribution is 0.0250. The Morgan fingerprint density at radius 2 is 0.812 bits per heavy atom. The van der Waals surface area contributed by atoms with Gasteiger partial charge in [-0.2, -0.15) is 0 Å². The summed E-state index contributed by atoms with van der Waals surface area (Å²) in [4.78, 5) is 90.7. The summed E-state index contributed by atoms with van der Waals surface area (Å²) in [7, 11) is 0. The van der Waals surface area contributed by atoms with Gasteiger partial charge in [0.25, 0.3) is 23.6 Å². The maximum absolute atomic E-state index is 13.4. The van der Waals surface area contributed by atoms with Crippen LogP contribution < -0.4 is 19.3 Å². The molecular formula is C50H28N2O12. The molecule has 7 aromatic rings. The van der Waals surface area contributed by atoms with Crippen LogP contribution in [0.15, 0.2) is 158 Å². The lowest BCUT2D eigenvalue weighted by atomic mass is 9.80. The number of ether oxygens (including phenoxy) is 3. The largest absolute Gasteiger partial charge is 0.478 e. The molecule has 64 heavy (non-hydrogen) atoms. The average molecular weight is 849 g/mol. The Labute approximate surface area is 361 Å². The molecule has 0 aromatic heterocycles. The fraction of sp³-hybridized carbons (Fsp3) is 0.0200. The predicted octanol–water partition coefficient (Wildman–Crippen LogP) is 8.73. The number of hydrogen-bond acceptors (Lipinski definition) is 10. The Kier molecular flexibility index (Phi) is 9.00. The Morgan fingerprint density at radius 3 is 1.22 bits per heavy atom. The number of amides is 4. The topological polar surface area (TPSA) is 194 Å². The molecule has 310 valence electrons. The van der Waals surface area contributed by atoms with Crippen molar-refractivity contribution in [2.24, 2.45) is 0 Å². The number of rotatable bonds is 10. The van der Waals surface area contributed by atoms with Gasteiger partial charge in [0, 0.05) is 16.7 Å². The molecule has 3 aliphatic rings. The molecule has 0 unspecified atom stereocenters. The first kappa shape index (κ1) is 39.0. The normalized spacial score (nSPS) is 14.5. The number of carboxylic acids is 2. The zero-order valence-corrected chi connectivity index (χ0v) is 32.9. The number of carbonyl (C=O) groups excluding carboxylic acids is 5. The second kappa shape index (κ2) is 14.8. The SMILES string of the molecule is O=C(O)c1ccc2c(c1)C(=O)N(c1ccc(Oc3ccc(C4(c5ccc(Oc6ccc(N7C(=O)c8ccc(C(=O)O)cc8C7=O)cc6)cc5)OC(=O)c5ccccc54)cc3)cc1)C2=O. The van der Waals surface area contributed by atoms with Crippen molar-refractivity contribution in [3.63, 3.8) is 0 Å². The molecule has 14 heteroatoms. The lowest BCUT2D eigenvalue weighted by Crippen LogP contribution is -2.29. The Balaban J connectivity index is 0.865. The first-order chi connectivity index (χ1) is 30.9. The van der Waals surface area contributed by atoms with Gasteiger partial charge in [0.15, 0.2) is 5.60 Å². The van der Waals surface area contributed by atoms with E-state index in [2.05, 4.69) is 0 Å². The van der Waals surface area contributed by atoms with Gasteiger partial charge in [-0.25, -0.2) is 24.2 Å². The fourth-order valence-corrected chi connectivity index (χ4v) is 8.14. The fourth-order valence-electron chi connectivity index (χ4n) is 8.14. The van der Waals surface area contributed by atoms with Crippen molar-refractivity contribution < 1.29 is 58.0 Å². The molecule has 0 spiro atoms. The van der Waals surface area contributed by atoms with E-state index in [1.807, 2.05) is 12.1 Å². The van der Waals surface area contributed by atoms with E-state index in [-0.39, 0.29) is 44.8 Å². The van der Waals surface area contributed by atoms with Crippen LogP contribution in [-0.2, 0) is 10.3 Å². The van der Waals surface area contributed by atoms with Gasteiger partial charge in [-0.1, -0.05) is 42.5 Å². The summed E-state index contributed by atoms with van der Waals surface area (Å²) >= 11 is 0. The number of carboxylic acid groups (broad SMARTS) is 2. The van der Waals surface area contributed by atoms with Crippen molar-refractivity contribution in [3.8, 4) is 23.0 Å². The highest BCUT2D eigenvalue weighted by Crippen LogP contribution is 2.48. The number of hydrogen-bond donors (Lipinski definition) is 2. The van der Waals surface area contributed by atoms with E-state index in [1.54, 1.807) is 109 Å². The maximum Gasteiger partial charge on any atom is 0.340 e.